The third kappa shape index (κ3) is 3.91. The smallest absolute Gasteiger partial charge is 0.323 e. The van der Waals surface area contributed by atoms with Gasteiger partial charge >= 0.3 is 6.03 Å². The Hall–Kier alpha value is -3.22. The minimum Gasteiger partial charge on any atom is -0.497 e. The van der Waals surface area contributed by atoms with Crippen molar-refractivity contribution in [1.29, 1.82) is 0 Å². The summed E-state index contributed by atoms with van der Waals surface area (Å²) in [4.78, 5) is 23.5. The monoisotopic (exact) mass is 315 g/mol. The van der Waals surface area contributed by atoms with Crippen molar-refractivity contribution < 1.29 is 19.1 Å². The van der Waals surface area contributed by atoms with Crippen molar-refractivity contribution in [3.63, 3.8) is 0 Å². The molecule has 0 fully saturated rings. The Kier molecular flexibility index (Phi) is 5.03. The molecule has 0 aliphatic rings. The summed E-state index contributed by atoms with van der Waals surface area (Å²) in [6, 6.07) is 10.9. The third-order valence-electron chi connectivity index (χ3n) is 3.10. The Labute approximate surface area is 133 Å². The molecule has 2 rings (SSSR count). The molecule has 0 radical (unpaired) electrons. The van der Waals surface area contributed by atoms with Crippen LogP contribution in [0.3, 0.4) is 0 Å². The van der Waals surface area contributed by atoms with E-state index in [4.69, 9.17) is 15.2 Å². The molecule has 120 valence electrons. The maximum absolute atomic E-state index is 12.1. The molecule has 3 amide bonds. The Bertz CT molecular complexity index is 731. The molecule has 7 heteroatoms. The van der Waals surface area contributed by atoms with Gasteiger partial charge in [0.1, 0.15) is 11.5 Å². The highest BCUT2D eigenvalue weighted by molar-refractivity contribution is 6.06. The zero-order valence-corrected chi connectivity index (χ0v) is 12.8. The van der Waals surface area contributed by atoms with E-state index in [1.807, 2.05) is 0 Å². The number of rotatable bonds is 5. The number of hydrogen-bond acceptors (Lipinski definition) is 4. The normalized spacial score (nSPS) is 9.83. The van der Waals surface area contributed by atoms with Gasteiger partial charge in [0, 0.05) is 6.07 Å². The van der Waals surface area contributed by atoms with Crippen molar-refractivity contribution >= 4 is 23.3 Å². The summed E-state index contributed by atoms with van der Waals surface area (Å²) in [6.07, 6.45) is 0. The topological polar surface area (TPSA) is 103 Å². The number of carbonyl (C=O) groups excluding carboxylic acids is 2. The standard InChI is InChI=1S/C16H17N3O4/c1-22-10-7-8-13(14(9-10)23-2)19-16(21)18-12-6-4-3-5-11(12)15(17)20/h3-9H,1-2H3,(H2,17,20)(H2,18,19,21). The number of methoxy groups -OCH3 is 2. The van der Waals surface area contributed by atoms with E-state index in [0.717, 1.165) is 0 Å². The van der Waals surface area contributed by atoms with Crippen LogP contribution in [0.5, 0.6) is 11.5 Å². The highest BCUT2D eigenvalue weighted by atomic mass is 16.5. The Morgan fingerprint density at radius 2 is 1.65 bits per heavy atom. The summed E-state index contributed by atoms with van der Waals surface area (Å²) in [5.41, 5.74) is 6.29. The van der Waals surface area contributed by atoms with Crippen LogP contribution < -0.4 is 25.8 Å². The van der Waals surface area contributed by atoms with Gasteiger partial charge in [0.25, 0.3) is 5.91 Å². The molecule has 0 unspecified atom stereocenters. The molecule has 0 atom stereocenters. The molecule has 0 bridgehead atoms. The number of carbonyl (C=O) groups is 2. The predicted octanol–water partition coefficient (Wildman–Crippen LogP) is 2.45. The summed E-state index contributed by atoms with van der Waals surface area (Å²) in [7, 11) is 3.02. The lowest BCUT2D eigenvalue weighted by Crippen LogP contribution is -2.22. The predicted molar refractivity (Wildman–Crippen MR) is 87.1 cm³/mol. The Morgan fingerprint density at radius 3 is 2.30 bits per heavy atom. The van der Waals surface area contributed by atoms with Gasteiger partial charge in [-0.3, -0.25) is 4.79 Å². The molecule has 0 aliphatic carbocycles. The Morgan fingerprint density at radius 1 is 0.957 bits per heavy atom. The van der Waals surface area contributed by atoms with Crippen LogP contribution in [0.2, 0.25) is 0 Å². The van der Waals surface area contributed by atoms with Crippen LogP contribution in [0.1, 0.15) is 10.4 Å². The van der Waals surface area contributed by atoms with Crippen LogP contribution in [0, 0.1) is 0 Å². The van der Waals surface area contributed by atoms with Gasteiger partial charge in [-0.1, -0.05) is 12.1 Å². The zero-order valence-electron chi connectivity index (χ0n) is 12.8. The van der Waals surface area contributed by atoms with Crippen LogP contribution in [-0.4, -0.2) is 26.2 Å². The molecule has 4 N–H and O–H groups in total. The molecule has 7 nitrogen and oxygen atoms in total. The highest BCUT2D eigenvalue weighted by Gasteiger charge is 2.12. The summed E-state index contributed by atoms with van der Waals surface area (Å²) < 4.78 is 10.3. The number of hydrogen-bond donors (Lipinski definition) is 3. The summed E-state index contributed by atoms with van der Waals surface area (Å²) >= 11 is 0. The first-order valence-electron chi connectivity index (χ1n) is 6.74. The number of nitrogens with one attached hydrogen (secondary N) is 2. The average molecular weight is 315 g/mol. The van der Waals surface area contributed by atoms with Crippen LogP contribution in [0.25, 0.3) is 0 Å². The number of urea groups is 1. The minimum atomic E-state index is -0.622. The largest absolute Gasteiger partial charge is 0.497 e. The van der Waals surface area contributed by atoms with Gasteiger partial charge in [0.2, 0.25) is 0 Å². The second-order valence-corrected chi connectivity index (χ2v) is 4.56. The van der Waals surface area contributed by atoms with E-state index in [9.17, 15) is 9.59 Å². The second kappa shape index (κ2) is 7.17. The first kappa shape index (κ1) is 16.2. The maximum atomic E-state index is 12.1. The van der Waals surface area contributed by atoms with Gasteiger partial charge in [0.15, 0.2) is 0 Å². The third-order valence-corrected chi connectivity index (χ3v) is 3.10. The first-order valence-corrected chi connectivity index (χ1v) is 6.74. The summed E-state index contributed by atoms with van der Waals surface area (Å²) in [6.45, 7) is 0. The number of primary amides is 1. The van der Waals surface area contributed by atoms with Gasteiger partial charge in [-0.25, -0.2) is 4.79 Å². The van der Waals surface area contributed by atoms with Crippen LogP contribution in [0.15, 0.2) is 42.5 Å². The van der Waals surface area contributed by atoms with E-state index in [2.05, 4.69) is 10.6 Å². The van der Waals surface area contributed by atoms with E-state index in [-0.39, 0.29) is 5.56 Å². The van der Waals surface area contributed by atoms with E-state index < -0.39 is 11.9 Å². The van der Waals surface area contributed by atoms with Gasteiger partial charge in [0.05, 0.1) is 31.2 Å². The maximum Gasteiger partial charge on any atom is 0.323 e. The molecular formula is C16H17N3O4. The SMILES string of the molecule is COc1ccc(NC(=O)Nc2ccccc2C(N)=O)c(OC)c1. The lowest BCUT2D eigenvalue weighted by atomic mass is 10.1. The molecule has 0 heterocycles. The molecule has 2 aromatic carbocycles. The molecule has 0 saturated heterocycles. The minimum absolute atomic E-state index is 0.226. The Balaban J connectivity index is 2.16. The van der Waals surface area contributed by atoms with Crippen molar-refractivity contribution in [2.45, 2.75) is 0 Å². The van der Waals surface area contributed by atoms with Gasteiger partial charge < -0.3 is 25.8 Å². The van der Waals surface area contributed by atoms with Gasteiger partial charge in [-0.15, -0.1) is 0 Å². The number of para-hydroxylation sites is 1. The lowest BCUT2D eigenvalue weighted by Gasteiger charge is -2.13. The lowest BCUT2D eigenvalue weighted by molar-refractivity contribution is 0.100. The molecule has 0 saturated carbocycles. The zero-order chi connectivity index (χ0) is 16.8. The number of nitrogens with two attached hydrogens (primary N) is 1. The van der Waals surface area contributed by atoms with E-state index >= 15 is 0 Å². The van der Waals surface area contributed by atoms with Crippen LogP contribution in [-0.2, 0) is 0 Å². The fourth-order valence-corrected chi connectivity index (χ4v) is 1.98. The summed E-state index contributed by atoms with van der Waals surface area (Å²) in [5, 5.41) is 5.23. The molecule has 0 spiro atoms. The van der Waals surface area contributed by atoms with Crippen molar-refractivity contribution in [1.82, 2.24) is 0 Å². The van der Waals surface area contributed by atoms with Crippen molar-refractivity contribution in [3.8, 4) is 11.5 Å². The number of anilines is 2. The van der Waals surface area contributed by atoms with Gasteiger partial charge in [-0.2, -0.15) is 0 Å². The first-order chi connectivity index (χ1) is 11.0. The average Bonchev–Trinajstić information content (AvgIpc) is 2.55. The van der Waals surface area contributed by atoms with Crippen molar-refractivity contribution in [2.24, 2.45) is 5.73 Å². The van der Waals surface area contributed by atoms with Crippen LogP contribution >= 0.6 is 0 Å². The van der Waals surface area contributed by atoms with E-state index in [1.165, 1.54) is 20.3 Å². The van der Waals surface area contributed by atoms with Gasteiger partial charge in [-0.05, 0) is 24.3 Å². The summed E-state index contributed by atoms with van der Waals surface area (Å²) in [5.74, 6) is 0.428. The number of benzene rings is 2. The number of amides is 3. The molecule has 23 heavy (non-hydrogen) atoms. The molecular weight excluding hydrogens is 298 g/mol. The second-order valence-electron chi connectivity index (χ2n) is 4.56. The van der Waals surface area contributed by atoms with Crippen LogP contribution in [0.4, 0.5) is 16.2 Å². The van der Waals surface area contributed by atoms with E-state index in [0.29, 0.717) is 22.9 Å². The van der Waals surface area contributed by atoms with E-state index in [1.54, 1.807) is 36.4 Å². The fourth-order valence-electron chi connectivity index (χ4n) is 1.98. The molecule has 0 aromatic heterocycles. The number of ether oxygens (including phenoxy) is 2. The highest BCUT2D eigenvalue weighted by Crippen LogP contribution is 2.29. The fraction of sp³-hybridized carbons (Fsp3) is 0.125. The molecule has 0 aliphatic heterocycles. The van der Waals surface area contributed by atoms with Crippen molar-refractivity contribution in [3.05, 3.63) is 48.0 Å². The quantitative estimate of drug-likeness (QED) is 0.788. The van der Waals surface area contributed by atoms with Crippen molar-refractivity contribution in [2.75, 3.05) is 24.9 Å². The molecule has 2 aromatic rings.